The Morgan fingerprint density at radius 3 is 2.19 bits per heavy atom. The first-order valence-corrected chi connectivity index (χ1v) is 12.2. The van der Waals surface area contributed by atoms with E-state index in [2.05, 4.69) is 0 Å². The number of amides is 2. The molecule has 0 radical (unpaired) electrons. The molecule has 0 N–H and O–H groups in total. The van der Waals surface area contributed by atoms with Gasteiger partial charge in [-0.2, -0.15) is 4.31 Å². The molecule has 170 valence electrons. The van der Waals surface area contributed by atoms with Crippen molar-refractivity contribution in [1.29, 1.82) is 0 Å². The van der Waals surface area contributed by atoms with E-state index in [1.54, 1.807) is 30.3 Å². The van der Waals surface area contributed by atoms with E-state index in [1.807, 2.05) is 4.90 Å². The summed E-state index contributed by atoms with van der Waals surface area (Å²) in [5, 5.41) is 0. The number of hydrogen-bond acceptors (Lipinski definition) is 5. The quantitative estimate of drug-likeness (QED) is 0.656. The average molecular weight is 460 g/mol. The molecule has 7 nitrogen and oxygen atoms in total. The third-order valence-corrected chi connectivity index (χ3v) is 8.00. The maximum absolute atomic E-state index is 13.3. The van der Waals surface area contributed by atoms with E-state index in [1.165, 1.54) is 33.5 Å². The van der Waals surface area contributed by atoms with E-state index in [0.29, 0.717) is 32.5 Å². The van der Waals surface area contributed by atoms with Crippen LogP contribution in [0.1, 0.15) is 29.6 Å². The van der Waals surface area contributed by atoms with Gasteiger partial charge in [-0.3, -0.25) is 19.4 Å². The molecule has 0 bridgehead atoms. The molecule has 2 aliphatic rings. The molecule has 0 aromatic heterocycles. The zero-order valence-corrected chi connectivity index (χ0v) is 18.5. The number of rotatable bonds is 4. The zero-order chi connectivity index (χ0) is 22.7. The molecule has 32 heavy (non-hydrogen) atoms. The third-order valence-electron chi connectivity index (χ3n) is 6.09. The first kappa shape index (κ1) is 22.6. The summed E-state index contributed by atoms with van der Waals surface area (Å²) in [4.78, 5) is 29.7. The van der Waals surface area contributed by atoms with Gasteiger partial charge in [0.1, 0.15) is 5.82 Å². The fraction of sp³-hybridized carbons (Fsp3) is 0.391. The van der Waals surface area contributed by atoms with Crippen molar-refractivity contribution in [1.82, 2.24) is 14.1 Å². The minimum Gasteiger partial charge on any atom is -0.289 e. The van der Waals surface area contributed by atoms with Crippen molar-refractivity contribution in [3.8, 4) is 0 Å². The maximum Gasteiger partial charge on any atom is 0.260 e. The van der Waals surface area contributed by atoms with Gasteiger partial charge < -0.3 is 0 Å². The van der Waals surface area contributed by atoms with E-state index in [9.17, 15) is 22.4 Å². The lowest BCUT2D eigenvalue weighted by Crippen LogP contribution is -2.56. The summed E-state index contributed by atoms with van der Waals surface area (Å²) in [5.74, 6) is -1.13. The highest BCUT2D eigenvalue weighted by Crippen LogP contribution is 2.23. The molecule has 2 amide bonds. The summed E-state index contributed by atoms with van der Waals surface area (Å²) in [5.41, 5.74) is 0.277. The molecule has 0 spiro atoms. The first-order chi connectivity index (χ1) is 15.4. The van der Waals surface area contributed by atoms with Gasteiger partial charge in [0.2, 0.25) is 15.9 Å². The topological polar surface area (TPSA) is 78.0 Å². The number of halogens is 1. The molecular formula is C23H26FN3O4S. The number of likely N-dealkylation sites (tertiary alicyclic amines) is 1. The van der Waals surface area contributed by atoms with Crippen molar-refractivity contribution in [2.24, 2.45) is 0 Å². The minimum absolute atomic E-state index is 0.259. The number of nitrogens with zero attached hydrogens (tertiary/aromatic N) is 3. The lowest BCUT2D eigenvalue weighted by Gasteiger charge is -2.38. The Hall–Kier alpha value is -2.62. The predicted octanol–water partition coefficient (Wildman–Crippen LogP) is 2.35. The molecule has 2 aromatic rings. The zero-order valence-electron chi connectivity index (χ0n) is 17.7. The third kappa shape index (κ3) is 4.60. The van der Waals surface area contributed by atoms with Crippen LogP contribution in [0.25, 0.3) is 0 Å². The van der Waals surface area contributed by atoms with Gasteiger partial charge in [0, 0.05) is 38.3 Å². The van der Waals surface area contributed by atoms with Crippen molar-refractivity contribution < 1.29 is 22.4 Å². The van der Waals surface area contributed by atoms with Crippen LogP contribution in [0.5, 0.6) is 0 Å². The first-order valence-electron chi connectivity index (χ1n) is 10.8. The fourth-order valence-electron chi connectivity index (χ4n) is 4.31. The van der Waals surface area contributed by atoms with Gasteiger partial charge in [-0.15, -0.1) is 0 Å². The number of sulfonamides is 1. The summed E-state index contributed by atoms with van der Waals surface area (Å²) in [6.45, 7) is 1.73. The van der Waals surface area contributed by atoms with Gasteiger partial charge in [0.25, 0.3) is 5.91 Å². The summed E-state index contributed by atoms with van der Waals surface area (Å²) in [6, 6.07) is 13.0. The van der Waals surface area contributed by atoms with Crippen molar-refractivity contribution in [3.63, 3.8) is 0 Å². The normalized spacial score (nSPS) is 21.3. The highest BCUT2D eigenvalue weighted by Gasteiger charge is 2.38. The molecule has 2 aliphatic heterocycles. The van der Waals surface area contributed by atoms with Gasteiger partial charge in [0.05, 0.1) is 10.9 Å². The Labute approximate surface area is 187 Å². The maximum atomic E-state index is 13.3. The molecule has 0 unspecified atom stereocenters. The van der Waals surface area contributed by atoms with E-state index >= 15 is 0 Å². The number of hydrogen-bond donors (Lipinski definition) is 0. The van der Waals surface area contributed by atoms with E-state index < -0.39 is 27.8 Å². The summed E-state index contributed by atoms with van der Waals surface area (Å²) < 4.78 is 40.4. The molecular weight excluding hydrogens is 433 g/mol. The van der Waals surface area contributed by atoms with Gasteiger partial charge in [0.15, 0.2) is 0 Å². The van der Waals surface area contributed by atoms with Crippen LogP contribution >= 0.6 is 0 Å². The molecule has 2 fully saturated rings. The molecule has 0 saturated carbocycles. The summed E-state index contributed by atoms with van der Waals surface area (Å²) >= 11 is 0. The van der Waals surface area contributed by atoms with Crippen molar-refractivity contribution >= 4 is 21.8 Å². The second-order valence-corrected chi connectivity index (χ2v) is 10.0. The van der Waals surface area contributed by atoms with Crippen molar-refractivity contribution in [3.05, 3.63) is 66.0 Å². The van der Waals surface area contributed by atoms with Gasteiger partial charge in [-0.05, 0) is 55.7 Å². The SMILES string of the molecule is O=C(c1ccc(F)cc1)N1CCCC[C@H](N2CCN(S(=O)(=O)c3ccccc3)CC2)C1=O. The van der Waals surface area contributed by atoms with Crippen molar-refractivity contribution in [2.75, 3.05) is 32.7 Å². The predicted molar refractivity (Wildman–Crippen MR) is 117 cm³/mol. The summed E-state index contributed by atoms with van der Waals surface area (Å²) in [7, 11) is -3.57. The molecule has 4 rings (SSSR count). The molecule has 2 aromatic carbocycles. The van der Waals surface area contributed by atoms with Crippen LogP contribution < -0.4 is 0 Å². The smallest absolute Gasteiger partial charge is 0.260 e. The standard InChI is InChI=1S/C23H26FN3O4S/c24-19-11-9-18(10-12-19)22(28)27-13-5-4-8-21(23(27)29)25-14-16-26(17-15-25)32(30,31)20-6-2-1-3-7-20/h1-3,6-7,9-12,21H,4-5,8,13-17H2/t21-/m0/s1. The number of imide groups is 1. The van der Waals surface area contributed by atoms with Crippen LogP contribution in [0.3, 0.4) is 0 Å². The van der Waals surface area contributed by atoms with Crippen molar-refractivity contribution in [2.45, 2.75) is 30.2 Å². The van der Waals surface area contributed by atoms with E-state index in [-0.39, 0.29) is 29.5 Å². The minimum atomic E-state index is -3.57. The van der Waals surface area contributed by atoms with Gasteiger partial charge in [-0.25, -0.2) is 12.8 Å². The Morgan fingerprint density at radius 1 is 0.875 bits per heavy atom. The molecule has 9 heteroatoms. The van der Waals surface area contributed by atoms with E-state index in [4.69, 9.17) is 0 Å². The number of benzene rings is 2. The Morgan fingerprint density at radius 2 is 1.53 bits per heavy atom. The van der Waals surface area contributed by atoms with Gasteiger partial charge in [-0.1, -0.05) is 18.2 Å². The Bertz CT molecular complexity index is 1070. The number of piperazine rings is 1. The second-order valence-electron chi connectivity index (χ2n) is 8.07. The highest BCUT2D eigenvalue weighted by molar-refractivity contribution is 7.89. The monoisotopic (exact) mass is 459 g/mol. The number of carbonyl (C=O) groups is 2. The Balaban J connectivity index is 1.45. The molecule has 2 heterocycles. The van der Waals surface area contributed by atoms with Crippen LogP contribution in [-0.4, -0.2) is 73.1 Å². The molecule has 2 saturated heterocycles. The highest BCUT2D eigenvalue weighted by atomic mass is 32.2. The van der Waals surface area contributed by atoms with Crippen LogP contribution in [0, 0.1) is 5.82 Å². The van der Waals surface area contributed by atoms with Crippen LogP contribution in [0.15, 0.2) is 59.5 Å². The fourth-order valence-corrected chi connectivity index (χ4v) is 5.75. The Kier molecular flexibility index (Phi) is 6.68. The van der Waals surface area contributed by atoms with Gasteiger partial charge >= 0.3 is 0 Å². The van der Waals surface area contributed by atoms with Crippen LogP contribution in [0.2, 0.25) is 0 Å². The average Bonchev–Trinajstić information content (AvgIpc) is 3.01. The largest absolute Gasteiger partial charge is 0.289 e. The van der Waals surface area contributed by atoms with E-state index in [0.717, 1.165) is 6.42 Å². The second kappa shape index (κ2) is 9.48. The summed E-state index contributed by atoms with van der Waals surface area (Å²) in [6.07, 6.45) is 2.13. The molecule has 0 aliphatic carbocycles. The van der Waals surface area contributed by atoms with Crippen LogP contribution in [-0.2, 0) is 14.8 Å². The lowest BCUT2D eigenvalue weighted by molar-refractivity contribution is -0.134. The lowest BCUT2D eigenvalue weighted by atomic mass is 10.1. The number of carbonyl (C=O) groups excluding carboxylic acids is 2. The van der Waals surface area contributed by atoms with Crippen LogP contribution in [0.4, 0.5) is 4.39 Å². The molecule has 1 atom stereocenters.